The van der Waals surface area contributed by atoms with Crippen molar-refractivity contribution in [2.75, 3.05) is 7.05 Å². The van der Waals surface area contributed by atoms with E-state index in [-0.39, 0.29) is 0 Å². The van der Waals surface area contributed by atoms with Gasteiger partial charge in [0.05, 0.1) is 0 Å². The molecule has 4 atom stereocenters. The first-order valence-corrected chi connectivity index (χ1v) is 7.17. The van der Waals surface area contributed by atoms with Crippen molar-refractivity contribution < 1.29 is 0 Å². The average Bonchev–Trinajstić information content (AvgIpc) is 2.58. The molecular formula is C11H18BNS2. The molecule has 4 heteroatoms. The fraction of sp³-hybridized carbons (Fsp3) is 0.909. The number of hydrogen-bond donors (Lipinski definition) is 0. The van der Waals surface area contributed by atoms with E-state index in [2.05, 4.69) is 25.8 Å². The lowest BCUT2D eigenvalue weighted by Crippen LogP contribution is -2.33. The van der Waals surface area contributed by atoms with Crippen molar-refractivity contribution in [3.8, 4) is 0 Å². The molecule has 3 fully saturated rings. The molecule has 2 heterocycles. The first kappa shape index (κ1) is 10.5. The minimum atomic E-state index is 0.625. The predicted molar refractivity (Wildman–Crippen MR) is 73.3 cm³/mol. The first-order valence-electron chi connectivity index (χ1n) is 5.89. The summed E-state index contributed by atoms with van der Waals surface area (Å²) in [7, 11) is 3.63. The molecule has 2 aliphatic heterocycles. The maximum Gasteiger partial charge on any atom is 0.136 e. The van der Waals surface area contributed by atoms with Gasteiger partial charge in [0.15, 0.2) is 0 Å². The van der Waals surface area contributed by atoms with E-state index in [1.807, 2.05) is 11.8 Å². The maximum atomic E-state index is 5.41. The van der Waals surface area contributed by atoms with Crippen LogP contribution in [0, 0.1) is 0 Å². The Hall–Kier alpha value is 0.305. The Morgan fingerprint density at radius 3 is 2.93 bits per heavy atom. The Balaban J connectivity index is 1.85. The van der Waals surface area contributed by atoms with Gasteiger partial charge in [0.25, 0.3) is 0 Å². The van der Waals surface area contributed by atoms with Crippen molar-refractivity contribution in [3.63, 3.8) is 0 Å². The van der Waals surface area contributed by atoms with Crippen LogP contribution in [-0.2, 0) is 0 Å². The molecule has 15 heavy (non-hydrogen) atoms. The zero-order chi connectivity index (χ0) is 10.8. The third-order valence-electron chi connectivity index (χ3n) is 5.22. The molecule has 2 saturated heterocycles. The van der Waals surface area contributed by atoms with Gasteiger partial charge >= 0.3 is 0 Å². The fourth-order valence-electron chi connectivity index (χ4n) is 3.67. The summed E-state index contributed by atoms with van der Waals surface area (Å²) in [4.78, 5) is 2.35. The lowest BCUT2D eigenvalue weighted by Gasteiger charge is -2.23. The summed E-state index contributed by atoms with van der Waals surface area (Å²) >= 11 is 7.36. The largest absolute Gasteiger partial charge is 0.356 e. The molecule has 3 rings (SSSR count). The number of thioether (sulfide) groups is 1. The second kappa shape index (κ2) is 2.95. The molecule has 82 valence electrons. The molecule has 0 aromatic rings. The maximum absolute atomic E-state index is 5.41. The summed E-state index contributed by atoms with van der Waals surface area (Å²) in [6, 6.07) is 0.726. The van der Waals surface area contributed by atoms with Crippen molar-refractivity contribution in [3.05, 3.63) is 0 Å². The van der Waals surface area contributed by atoms with Crippen molar-refractivity contribution in [2.24, 2.45) is 0 Å². The molecule has 1 aliphatic carbocycles. The van der Waals surface area contributed by atoms with Crippen molar-refractivity contribution in [2.45, 2.75) is 55.0 Å². The summed E-state index contributed by atoms with van der Waals surface area (Å²) in [5.74, 6) is 0. The van der Waals surface area contributed by atoms with E-state index < -0.39 is 0 Å². The van der Waals surface area contributed by atoms with E-state index in [0.717, 1.165) is 15.6 Å². The normalized spacial score (nSPS) is 53.0. The SMILES string of the molecule is CN1C(=S)SC2CC3(C)BC3(C)CCC21. The molecule has 0 bridgehead atoms. The Kier molecular flexibility index (Phi) is 2.06. The van der Waals surface area contributed by atoms with E-state index in [9.17, 15) is 0 Å². The molecule has 0 radical (unpaired) electrons. The van der Waals surface area contributed by atoms with Crippen LogP contribution in [0.5, 0.6) is 0 Å². The number of rotatable bonds is 0. The average molecular weight is 239 g/mol. The summed E-state index contributed by atoms with van der Waals surface area (Å²) in [6.07, 6.45) is 4.13. The van der Waals surface area contributed by atoms with Crippen molar-refractivity contribution in [1.82, 2.24) is 4.90 Å². The van der Waals surface area contributed by atoms with Gasteiger partial charge in [-0.1, -0.05) is 54.9 Å². The van der Waals surface area contributed by atoms with Gasteiger partial charge < -0.3 is 4.90 Å². The fourth-order valence-corrected chi connectivity index (χ4v) is 5.66. The van der Waals surface area contributed by atoms with Crippen LogP contribution in [0.15, 0.2) is 0 Å². The highest BCUT2D eigenvalue weighted by Gasteiger charge is 2.64. The highest BCUT2D eigenvalue weighted by atomic mass is 32.2. The van der Waals surface area contributed by atoms with Crippen LogP contribution in [0.4, 0.5) is 0 Å². The van der Waals surface area contributed by atoms with Gasteiger partial charge in [-0.25, -0.2) is 0 Å². The summed E-state index contributed by atoms with van der Waals surface area (Å²) in [5, 5.41) is 2.05. The topological polar surface area (TPSA) is 3.24 Å². The monoisotopic (exact) mass is 239 g/mol. The number of fused-ring (bicyclic) bond motifs is 2. The second-order valence-corrected chi connectivity index (χ2v) is 8.01. The van der Waals surface area contributed by atoms with Crippen LogP contribution in [0.1, 0.15) is 33.1 Å². The quantitative estimate of drug-likeness (QED) is 0.472. The zero-order valence-corrected chi connectivity index (χ0v) is 11.4. The van der Waals surface area contributed by atoms with Gasteiger partial charge in [0.2, 0.25) is 0 Å². The van der Waals surface area contributed by atoms with Gasteiger partial charge in [-0.2, -0.15) is 0 Å². The molecule has 0 aromatic heterocycles. The third-order valence-corrected chi connectivity index (χ3v) is 7.07. The van der Waals surface area contributed by atoms with Crippen molar-refractivity contribution >= 4 is 35.6 Å². The Labute approximate surface area is 103 Å². The highest BCUT2D eigenvalue weighted by Crippen LogP contribution is 2.75. The standard InChI is InChI=1S/C11H18BNS2/c1-10-5-4-7-8(6-11(10,2)12-10)15-9(14)13(7)3/h7-8,12H,4-6H2,1-3H3. The van der Waals surface area contributed by atoms with Gasteiger partial charge in [-0.15, -0.1) is 0 Å². The highest BCUT2D eigenvalue weighted by molar-refractivity contribution is 8.23. The summed E-state index contributed by atoms with van der Waals surface area (Å²) < 4.78 is 1.12. The Morgan fingerprint density at radius 2 is 2.20 bits per heavy atom. The molecule has 4 unspecified atom stereocenters. The minimum Gasteiger partial charge on any atom is -0.356 e. The molecule has 3 aliphatic rings. The molecule has 0 spiro atoms. The smallest absolute Gasteiger partial charge is 0.136 e. The third kappa shape index (κ3) is 1.33. The lowest BCUT2D eigenvalue weighted by atomic mass is 9.81. The molecule has 0 aromatic carbocycles. The van der Waals surface area contributed by atoms with E-state index in [1.165, 1.54) is 26.5 Å². The van der Waals surface area contributed by atoms with E-state index in [1.54, 1.807) is 0 Å². The predicted octanol–water partition coefficient (Wildman–Crippen LogP) is 2.68. The Bertz CT molecular complexity index is 335. The summed E-state index contributed by atoms with van der Waals surface area (Å²) in [5.41, 5.74) is 0. The van der Waals surface area contributed by atoms with Crippen LogP contribution in [0.25, 0.3) is 0 Å². The van der Waals surface area contributed by atoms with Gasteiger partial charge in [0, 0.05) is 18.3 Å². The van der Waals surface area contributed by atoms with Crippen LogP contribution in [0.3, 0.4) is 0 Å². The van der Waals surface area contributed by atoms with Crippen LogP contribution in [0.2, 0.25) is 10.6 Å². The molecule has 0 N–H and O–H groups in total. The van der Waals surface area contributed by atoms with Gasteiger partial charge in [-0.05, 0) is 12.8 Å². The Morgan fingerprint density at radius 1 is 1.47 bits per heavy atom. The van der Waals surface area contributed by atoms with Gasteiger partial charge in [-0.3, -0.25) is 0 Å². The van der Waals surface area contributed by atoms with Crippen molar-refractivity contribution in [1.29, 1.82) is 0 Å². The molecule has 0 amide bonds. The van der Waals surface area contributed by atoms with E-state index in [0.29, 0.717) is 10.6 Å². The number of nitrogens with zero attached hydrogens (tertiary/aromatic N) is 1. The minimum absolute atomic E-state index is 0.625. The molecule has 1 saturated carbocycles. The van der Waals surface area contributed by atoms with Crippen LogP contribution >= 0.6 is 24.0 Å². The van der Waals surface area contributed by atoms with Gasteiger partial charge in [0.1, 0.15) is 11.6 Å². The number of hydrogen-bond acceptors (Lipinski definition) is 2. The van der Waals surface area contributed by atoms with E-state index >= 15 is 0 Å². The first-order chi connectivity index (χ1) is 6.95. The molecule has 1 nitrogen and oxygen atoms in total. The summed E-state index contributed by atoms with van der Waals surface area (Å²) in [6.45, 7) is 4.97. The second-order valence-electron chi connectivity index (χ2n) is 6.14. The number of thiocarbonyl (C=S) groups is 1. The lowest BCUT2D eigenvalue weighted by molar-refractivity contribution is 0.355. The zero-order valence-electron chi connectivity index (χ0n) is 9.75. The van der Waals surface area contributed by atoms with Crippen LogP contribution < -0.4 is 0 Å². The van der Waals surface area contributed by atoms with E-state index in [4.69, 9.17) is 12.2 Å². The van der Waals surface area contributed by atoms with Crippen LogP contribution in [-0.4, -0.2) is 34.8 Å². The molecular weight excluding hydrogens is 221 g/mol.